The molecule has 0 saturated carbocycles. The Hall–Kier alpha value is -3.17. The number of pyridine rings is 1. The summed E-state index contributed by atoms with van der Waals surface area (Å²) in [7, 11) is 1.85. The fraction of sp³-hybridized carbons (Fsp3) is 0.522. The van der Waals surface area contributed by atoms with Crippen LogP contribution in [0, 0.1) is 5.92 Å². The van der Waals surface area contributed by atoms with E-state index in [0.717, 1.165) is 50.6 Å². The molecule has 4 heterocycles. The molecule has 9 nitrogen and oxygen atoms in total. The van der Waals surface area contributed by atoms with Gasteiger partial charge in [-0.3, -0.25) is 14.8 Å². The van der Waals surface area contributed by atoms with Gasteiger partial charge in [0, 0.05) is 51.4 Å². The number of methoxy groups -OCH3 is 1. The molecular weight excluding hydrogens is 528 g/mol. The molecule has 0 radical (unpaired) electrons. The number of hydrogen-bond acceptors (Lipinski definition) is 7. The molecule has 212 valence electrons. The number of rotatable bonds is 5. The molecule has 4 rings (SSSR count). The number of carbonyl (C=O) groups is 2. The summed E-state index contributed by atoms with van der Waals surface area (Å²) in [5, 5.41) is 14.2. The number of piperidine rings is 1. The number of carboxylic acids is 2. The number of likely N-dealkylation sites (tertiary alicyclic amines) is 2. The van der Waals surface area contributed by atoms with E-state index >= 15 is 0 Å². The summed E-state index contributed by atoms with van der Waals surface area (Å²) in [6.07, 6.45) is -5.08. The van der Waals surface area contributed by atoms with Crippen LogP contribution in [0.15, 0.2) is 47.2 Å². The molecule has 0 aliphatic carbocycles. The Labute approximate surface area is 213 Å². The highest BCUT2D eigenvalue weighted by Crippen LogP contribution is 2.34. The molecule has 2 aliphatic rings. The first-order valence-corrected chi connectivity index (χ1v) is 11.2. The summed E-state index contributed by atoms with van der Waals surface area (Å²) >= 11 is 0. The van der Waals surface area contributed by atoms with Crippen molar-refractivity contribution in [2.24, 2.45) is 5.92 Å². The molecule has 2 fully saturated rings. The van der Waals surface area contributed by atoms with Crippen LogP contribution in [0.5, 0.6) is 0 Å². The summed E-state index contributed by atoms with van der Waals surface area (Å²) in [5.41, 5.74) is 1.15. The van der Waals surface area contributed by atoms with E-state index in [4.69, 9.17) is 29.0 Å². The summed E-state index contributed by atoms with van der Waals surface area (Å²) in [5.74, 6) is -3.92. The van der Waals surface area contributed by atoms with Crippen molar-refractivity contribution in [3.05, 3.63) is 54.2 Å². The Morgan fingerprint density at radius 2 is 1.66 bits per heavy atom. The molecule has 0 unspecified atom stereocenters. The number of ether oxygens (including phenoxy) is 1. The lowest BCUT2D eigenvalue weighted by Crippen LogP contribution is -2.50. The topological polar surface area (TPSA) is 116 Å². The number of aliphatic carboxylic acids is 2. The molecular formula is C23H27F6N3O6. The van der Waals surface area contributed by atoms with Crippen molar-refractivity contribution in [3.63, 3.8) is 0 Å². The SMILES string of the molecule is CO[C@H]1CCN(Cc2ccccn2)[C@@H]2CN(Cc3ccco3)C[C@H]12.O=C(O)C(F)(F)F.O=C(O)C(F)(F)F. The van der Waals surface area contributed by atoms with E-state index in [0.29, 0.717) is 18.1 Å². The zero-order valence-electron chi connectivity index (χ0n) is 20.2. The summed E-state index contributed by atoms with van der Waals surface area (Å²) in [6, 6.07) is 10.7. The van der Waals surface area contributed by atoms with Crippen LogP contribution in [0.2, 0.25) is 0 Å². The van der Waals surface area contributed by atoms with Gasteiger partial charge in [-0.2, -0.15) is 26.3 Å². The predicted molar refractivity (Wildman–Crippen MR) is 119 cm³/mol. The Kier molecular flexibility index (Phi) is 11.1. The standard InChI is InChI=1S/C19H25N3O2.2C2HF3O2/c1-23-19-7-9-22(11-15-5-2-3-8-20-15)18-14-21(13-17(18)19)12-16-6-4-10-24-16;2*3-2(4,5)1(6)7/h2-6,8,10,17-19H,7,9,11-14H2,1H3;2*(H,6,7)/t17-,18+,19-;;/m0../s1. The van der Waals surface area contributed by atoms with E-state index in [-0.39, 0.29) is 0 Å². The maximum absolute atomic E-state index is 10.6. The van der Waals surface area contributed by atoms with Crippen molar-refractivity contribution in [3.8, 4) is 0 Å². The molecule has 2 saturated heterocycles. The Morgan fingerprint density at radius 3 is 2.13 bits per heavy atom. The van der Waals surface area contributed by atoms with E-state index in [1.165, 1.54) is 0 Å². The van der Waals surface area contributed by atoms with Gasteiger partial charge in [-0.15, -0.1) is 0 Å². The molecule has 0 bridgehead atoms. The first kappa shape index (κ1) is 31.1. The average molecular weight is 555 g/mol. The van der Waals surface area contributed by atoms with Crippen LogP contribution in [0.1, 0.15) is 17.9 Å². The van der Waals surface area contributed by atoms with Gasteiger partial charge in [-0.05, 0) is 30.7 Å². The van der Waals surface area contributed by atoms with E-state index in [1.54, 1.807) is 6.26 Å². The van der Waals surface area contributed by atoms with Gasteiger partial charge in [0.25, 0.3) is 0 Å². The smallest absolute Gasteiger partial charge is 0.475 e. The van der Waals surface area contributed by atoms with Crippen molar-refractivity contribution >= 4 is 11.9 Å². The Balaban J connectivity index is 0.000000301. The molecule has 2 aromatic rings. The number of nitrogens with zero attached hydrogens (tertiary/aromatic N) is 3. The van der Waals surface area contributed by atoms with Crippen LogP contribution >= 0.6 is 0 Å². The lowest BCUT2D eigenvalue weighted by molar-refractivity contribution is -0.193. The van der Waals surface area contributed by atoms with Crippen molar-refractivity contribution in [2.45, 2.75) is 44.0 Å². The zero-order chi connectivity index (χ0) is 28.5. The molecule has 2 aromatic heterocycles. The summed E-state index contributed by atoms with van der Waals surface area (Å²) in [4.78, 5) is 27.4. The van der Waals surface area contributed by atoms with Crippen molar-refractivity contribution in [1.82, 2.24) is 14.8 Å². The normalized spacial score (nSPS) is 21.9. The highest BCUT2D eigenvalue weighted by atomic mass is 19.4. The van der Waals surface area contributed by atoms with Crippen LogP contribution < -0.4 is 0 Å². The zero-order valence-corrected chi connectivity index (χ0v) is 20.2. The molecule has 15 heteroatoms. The predicted octanol–water partition coefficient (Wildman–Crippen LogP) is 3.66. The third kappa shape index (κ3) is 9.61. The minimum Gasteiger partial charge on any atom is -0.475 e. The highest BCUT2D eigenvalue weighted by molar-refractivity contribution is 5.73. The Bertz CT molecular complexity index is 979. The van der Waals surface area contributed by atoms with Gasteiger partial charge in [-0.25, -0.2) is 9.59 Å². The molecule has 3 atom stereocenters. The second-order valence-corrected chi connectivity index (χ2v) is 8.46. The first-order chi connectivity index (χ1) is 17.7. The molecule has 2 N–H and O–H groups in total. The average Bonchev–Trinajstić information content (AvgIpc) is 3.50. The van der Waals surface area contributed by atoms with Crippen LogP contribution in [0.25, 0.3) is 0 Å². The number of fused-ring (bicyclic) bond motifs is 1. The number of alkyl halides is 6. The van der Waals surface area contributed by atoms with Crippen LogP contribution in [-0.4, -0.2) is 88.2 Å². The third-order valence-corrected chi connectivity index (χ3v) is 5.89. The molecule has 0 amide bonds. The quantitative estimate of drug-likeness (QED) is 0.534. The van der Waals surface area contributed by atoms with Crippen LogP contribution in [0.4, 0.5) is 26.3 Å². The Morgan fingerprint density at radius 1 is 1.03 bits per heavy atom. The number of halogens is 6. The third-order valence-electron chi connectivity index (χ3n) is 5.89. The second-order valence-electron chi connectivity index (χ2n) is 8.46. The van der Waals surface area contributed by atoms with Gasteiger partial charge in [0.1, 0.15) is 5.76 Å². The molecule has 38 heavy (non-hydrogen) atoms. The van der Waals surface area contributed by atoms with E-state index in [1.807, 2.05) is 25.4 Å². The van der Waals surface area contributed by atoms with Crippen LogP contribution in [-0.2, 0) is 27.4 Å². The van der Waals surface area contributed by atoms with Crippen LogP contribution in [0.3, 0.4) is 0 Å². The summed E-state index contributed by atoms with van der Waals surface area (Å²) in [6.45, 7) is 5.02. The van der Waals surface area contributed by atoms with Gasteiger partial charge in [0.2, 0.25) is 0 Å². The number of furan rings is 1. The van der Waals surface area contributed by atoms with E-state index in [2.05, 4.69) is 33.0 Å². The molecule has 0 aromatic carbocycles. The minimum absolute atomic E-state index is 0.358. The maximum Gasteiger partial charge on any atom is 0.490 e. The monoisotopic (exact) mass is 555 g/mol. The number of carboxylic acid groups (broad SMARTS) is 2. The fourth-order valence-corrected chi connectivity index (χ4v) is 4.26. The lowest BCUT2D eigenvalue weighted by atomic mass is 9.89. The largest absolute Gasteiger partial charge is 0.490 e. The van der Waals surface area contributed by atoms with Gasteiger partial charge < -0.3 is 19.4 Å². The van der Waals surface area contributed by atoms with Gasteiger partial charge in [0.15, 0.2) is 0 Å². The fourth-order valence-electron chi connectivity index (χ4n) is 4.26. The number of hydrogen-bond donors (Lipinski definition) is 2. The second kappa shape index (κ2) is 13.6. The lowest BCUT2D eigenvalue weighted by Gasteiger charge is -2.41. The first-order valence-electron chi connectivity index (χ1n) is 11.2. The minimum atomic E-state index is -5.08. The van der Waals surface area contributed by atoms with Gasteiger partial charge in [0.05, 0.1) is 24.6 Å². The molecule has 2 aliphatic heterocycles. The highest BCUT2D eigenvalue weighted by Gasteiger charge is 2.44. The molecule has 0 spiro atoms. The van der Waals surface area contributed by atoms with E-state index < -0.39 is 24.3 Å². The van der Waals surface area contributed by atoms with Crippen molar-refractivity contribution in [2.75, 3.05) is 26.7 Å². The van der Waals surface area contributed by atoms with Crippen molar-refractivity contribution < 1.29 is 55.3 Å². The van der Waals surface area contributed by atoms with Gasteiger partial charge >= 0.3 is 24.3 Å². The van der Waals surface area contributed by atoms with E-state index in [9.17, 15) is 26.3 Å². The number of aromatic nitrogens is 1. The van der Waals surface area contributed by atoms with Crippen molar-refractivity contribution in [1.29, 1.82) is 0 Å². The maximum atomic E-state index is 10.6. The summed E-state index contributed by atoms with van der Waals surface area (Å²) < 4.78 is 74.8. The van der Waals surface area contributed by atoms with Gasteiger partial charge in [-0.1, -0.05) is 6.07 Å².